The Kier molecular flexibility index (Phi) is 8.30. The highest BCUT2D eigenvalue weighted by Gasteiger charge is 2.50. The zero-order chi connectivity index (χ0) is 30.5. The van der Waals surface area contributed by atoms with E-state index in [0.717, 1.165) is 18.2 Å². The molecule has 2 aliphatic rings. The monoisotopic (exact) mass is 594 g/mol. The van der Waals surface area contributed by atoms with E-state index in [1.165, 1.54) is 25.1 Å². The van der Waals surface area contributed by atoms with Gasteiger partial charge in [0.15, 0.2) is 29.3 Å². The van der Waals surface area contributed by atoms with Gasteiger partial charge in [-0.3, -0.25) is 4.79 Å². The van der Waals surface area contributed by atoms with Crippen LogP contribution in [0.1, 0.15) is 6.92 Å². The second-order valence-corrected chi connectivity index (χ2v) is 10.1. The molecule has 2 aliphatic heterocycles. The number of hydrogen-bond donors (Lipinski definition) is 9. The van der Waals surface area contributed by atoms with Crippen molar-refractivity contribution in [2.45, 2.75) is 68.3 Å². The summed E-state index contributed by atoms with van der Waals surface area (Å²) in [6.45, 7) is 0.671. The molecular formula is C27H30O15. The predicted molar refractivity (Wildman–Crippen MR) is 139 cm³/mol. The van der Waals surface area contributed by atoms with E-state index in [4.69, 9.17) is 23.4 Å². The fourth-order valence-corrected chi connectivity index (χ4v) is 4.84. The molecule has 0 aliphatic carbocycles. The van der Waals surface area contributed by atoms with Crippen LogP contribution in [0.25, 0.3) is 22.3 Å². The van der Waals surface area contributed by atoms with Crippen LogP contribution in [0.2, 0.25) is 0 Å². The molecule has 10 atom stereocenters. The van der Waals surface area contributed by atoms with Crippen molar-refractivity contribution in [3.63, 3.8) is 0 Å². The summed E-state index contributed by atoms with van der Waals surface area (Å²) in [5, 5.41) is 91.2. The van der Waals surface area contributed by atoms with E-state index in [-0.39, 0.29) is 33.8 Å². The Bertz CT molecular complexity index is 1490. The van der Waals surface area contributed by atoms with Gasteiger partial charge in [0.25, 0.3) is 0 Å². The van der Waals surface area contributed by atoms with E-state index in [9.17, 15) is 50.8 Å². The Morgan fingerprint density at radius 2 is 1.52 bits per heavy atom. The molecule has 15 nitrogen and oxygen atoms in total. The van der Waals surface area contributed by atoms with E-state index >= 15 is 0 Å². The molecule has 0 radical (unpaired) electrons. The molecule has 0 spiro atoms. The lowest BCUT2D eigenvalue weighted by Gasteiger charge is -2.45. The van der Waals surface area contributed by atoms with E-state index in [1.807, 2.05) is 0 Å². The lowest BCUT2D eigenvalue weighted by Crippen LogP contribution is -2.64. The summed E-state index contributed by atoms with van der Waals surface area (Å²) in [6.07, 6.45) is -15.5. The van der Waals surface area contributed by atoms with Crippen molar-refractivity contribution in [3.05, 3.63) is 46.6 Å². The van der Waals surface area contributed by atoms with Gasteiger partial charge in [-0.25, -0.2) is 0 Å². The van der Waals surface area contributed by atoms with Gasteiger partial charge in [-0.1, -0.05) is 0 Å². The number of phenols is 3. The Labute approximate surface area is 236 Å². The summed E-state index contributed by atoms with van der Waals surface area (Å²) in [7, 11) is 0. The fourth-order valence-electron chi connectivity index (χ4n) is 4.84. The quantitative estimate of drug-likeness (QED) is 0.149. The van der Waals surface area contributed by atoms with Crippen LogP contribution in [-0.2, 0) is 14.2 Å². The van der Waals surface area contributed by atoms with Crippen molar-refractivity contribution in [1.29, 1.82) is 0 Å². The molecule has 15 heteroatoms. The van der Waals surface area contributed by atoms with E-state index in [2.05, 4.69) is 0 Å². The summed E-state index contributed by atoms with van der Waals surface area (Å²) in [6, 6.07) is 7.08. The zero-order valence-corrected chi connectivity index (χ0v) is 21.9. The van der Waals surface area contributed by atoms with Gasteiger partial charge in [-0.05, 0) is 25.1 Å². The molecule has 42 heavy (non-hydrogen) atoms. The molecule has 3 aromatic rings. The minimum absolute atomic E-state index is 0.0216. The SMILES string of the molecule is C[C@H]1O[C@@H](O[C@H]2[C@H](Oc3cc(O)c4c(=O)cc(-c5ccc(O)c(O)c5)oc4c3)O[C@H](CO)[C@@H](O)[C@@H]2O)[C@@H](O)[C@@H](O)[C@@H]1O. The van der Waals surface area contributed by atoms with Gasteiger partial charge < -0.3 is 69.3 Å². The van der Waals surface area contributed by atoms with Gasteiger partial charge in [0.1, 0.15) is 64.9 Å². The molecule has 3 heterocycles. The number of ether oxygens (including phenoxy) is 4. The molecule has 2 aromatic carbocycles. The van der Waals surface area contributed by atoms with E-state index in [1.54, 1.807) is 0 Å². The molecule has 9 N–H and O–H groups in total. The Morgan fingerprint density at radius 1 is 0.786 bits per heavy atom. The molecule has 0 amide bonds. The Hall–Kier alpha value is -3.51. The maximum atomic E-state index is 12.8. The third-order valence-corrected chi connectivity index (χ3v) is 7.22. The first-order chi connectivity index (χ1) is 19.9. The summed E-state index contributed by atoms with van der Waals surface area (Å²) < 4.78 is 28.3. The third-order valence-electron chi connectivity index (χ3n) is 7.22. The number of aliphatic hydroxyl groups is 6. The highest BCUT2D eigenvalue weighted by Crippen LogP contribution is 2.36. The average molecular weight is 595 g/mol. The van der Waals surface area contributed by atoms with Crippen molar-refractivity contribution in [2.24, 2.45) is 0 Å². The van der Waals surface area contributed by atoms with E-state index in [0.29, 0.717) is 0 Å². The van der Waals surface area contributed by atoms with Gasteiger partial charge in [0.05, 0.1) is 12.7 Å². The van der Waals surface area contributed by atoms with Crippen LogP contribution in [-0.4, -0.2) is 114 Å². The second kappa shape index (κ2) is 11.6. The summed E-state index contributed by atoms with van der Waals surface area (Å²) in [5.74, 6) is -1.60. The van der Waals surface area contributed by atoms with Gasteiger partial charge in [0, 0.05) is 23.8 Å². The van der Waals surface area contributed by atoms with Crippen molar-refractivity contribution in [2.75, 3.05) is 6.61 Å². The second-order valence-electron chi connectivity index (χ2n) is 10.1. The van der Waals surface area contributed by atoms with Crippen LogP contribution in [0.4, 0.5) is 0 Å². The van der Waals surface area contributed by atoms with Crippen molar-refractivity contribution in [3.8, 4) is 34.3 Å². The number of benzene rings is 2. The fraction of sp³-hybridized carbons (Fsp3) is 0.444. The minimum atomic E-state index is -1.78. The first-order valence-corrected chi connectivity index (χ1v) is 12.9. The molecule has 228 valence electrons. The van der Waals surface area contributed by atoms with Crippen LogP contribution in [0, 0.1) is 0 Å². The third kappa shape index (κ3) is 5.49. The van der Waals surface area contributed by atoms with Crippen molar-refractivity contribution < 1.29 is 69.3 Å². The minimum Gasteiger partial charge on any atom is -0.507 e. The van der Waals surface area contributed by atoms with Crippen LogP contribution in [0.5, 0.6) is 23.0 Å². The number of aliphatic hydroxyl groups excluding tert-OH is 6. The normalized spacial score (nSPS) is 33.5. The smallest absolute Gasteiger partial charge is 0.229 e. The standard InChI is InChI=1S/C27H30O15/c1-9-20(33)22(35)24(37)26(38-9)42-25-23(36)21(34)18(8-28)41-27(25)39-11-5-14(31)19-15(32)7-16(40-17(19)6-11)10-2-3-12(29)13(30)4-10/h2-7,9,18,20-31,33-37H,8H2,1H3/t9-,18-,20-,21-,22+,23+,24+,25-,26+,27-/m1/s1. The van der Waals surface area contributed by atoms with Crippen LogP contribution in [0.15, 0.2) is 45.6 Å². The lowest BCUT2D eigenvalue weighted by molar-refractivity contribution is -0.354. The van der Waals surface area contributed by atoms with Gasteiger partial charge >= 0.3 is 0 Å². The van der Waals surface area contributed by atoms with Crippen LogP contribution in [0.3, 0.4) is 0 Å². The lowest BCUT2D eigenvalue weighted by atomic mass is 9.97. The Balaban J connectivity index is 1.48. The molecular weight excluding hydrogens is 564 g/mol. The van der Waals surface area contributed by atoms with Gasteiger partial charge in [-0.15, -0.1) is 0 Å². The summed E-state index contributed by atoms with van der Waals surface area (Å²) in [5.41, 5.74) is -0.575. The summed E-state index contributed by atoms with van der Waals surface area (Å²) in [4.78, 5) is 12.8. The number of hydrogen-bond acceptors (Lipinski definition) is 15. The molecule has 0 unspecified atom stereocenters. The molecule has 2 saturated heterocycles. The number of aromatic hydroxyl groups is 3. The molecule has 0 saturated carbocycles. The zero-order valence-electron chi connectivity index (χ0n) is 21.9. The van der Waals surface area contributed by atoms with Crippen molar-refractivity contribution in [1.82, 2.24) is 0 Å². The Morgan fingerprint density at radius 3 is 2.21 bits per heavy atom. The topological polar surface area (TPSA) is 249 Å². The van der Waals surface area contributed by atoms with Crippen LogP contribution >= 0.6 is 0 Å². The maximum Gasteiger partial charge on any atom is 0.229 e. The molecule has 0 bridgehead atoms. The number of rotatable bonds is 6. The average Bonchev–Trinajstić information content (AvgIpc) is 2.95. The number of phenolic OH excluding ortho intramolecular Hbond substituents is 3. The molecule has 5 rings (SSSR count). The largest absolute Gasteiger partial charge is 0.507 e. The van der Waals surface area contributed by atoms with Gasteiger partial charge in [0.2, 0.25) is 6.29 Å². The maximum absolute atomic E-state index is 12.8. The number of fused-ring (bicyclic) bond motifs is 1. The molecule has 1 aromatic heterocycles. The summed E-state index contributed by atoms with van der Waals surface area (Å²) >= 11 is 0. The highest BCUT2D eigenvalue weighted by molar-refractivity contribution is 5.86. The van der Waals surface area contributed by atoms with E-state index < -0.39 is 84.9 Å². The first-order valence-electron chi connectivity index (χ1n) is 12.9. The van der Waals surface area contributed by atoms with Crippen molar-refractivity contribution >= 4 is 11.0 Å². The van der Waals surface area contributed by atoms with Gasteiger partial charge in [-0.2, -0.15) is 0 Å². The molecule has 2 fully saturated rings. The van der Waals surface area contributed by atoms with Crippen LogP contribution < -0.4 is 10.2 Å². The first kappa shape index (κ1) is 30.0. The predicted octanol–water partition coefficient (Wildman–Crippen LogP) is -1.39. The highest BCUT2D eigenvalue weighted by atomic mass is 16.8.